The van der Waals surface area contributed by atoms with Crippen molar-refractivity contribution >= 4 is 10.9 Å². The molecular weight excluding hydrogens is 379 g/mol. The number of alkyl halides is 3. The number of benzene rings is 2. The van der Waals surface area contributed by atoms with Gasteiger partial charge in [0.05, 0.1) is 11.4 Å². The number of aryl methyl sites for hydroxylation is 2. The molecule has 0 saturated carbocycles. The average Bonchev–Trinajstić information content (AvgIpc) is 3.03. The van der Waals surface area contributed by atoms with E-state index in [1.807, 2.05) is 38.1 Å². The lowest BCUT2D eigenvalue weighted by atomic mass is 10.0. The molecule has 0 saturated heterocycles. The summed E-state index contributed by atoms with van der Waals surface area (Å²) in [5.74, 6) is 0. The monoisotopic (exact) mass is 397 g/mol. The van der Waals surface area contributed by atoms with Crippen LogP contribution in [0.3, 0.4) is 0 Å². The maximum absolute atomic E-state index is 13.1. The molecule has 1 aromatic heterocycles. The van der Waals surface area contributed by atoms with Crippen molar-refractivity contribution in [3.63, 3.8) is 0 Å². The summed E-state index contributed by atoms with van der Waals surface area (Å²) in [6, 6.07) is 15.7. The van der Waals surface area contributed by atoms with E-state index in [2.05, 4.69) is 10.2 Å². The van der Waals surface area contributed by atoms with Crippen molar-refractivity contribution in [2.75, 3.05) is 0 Å². The average molecular weight is 397 g/mol. The van der Waals surface area contributed by atoms with Crippen LogP contribution in [0.2, 0.25) is 0 Å². The van der Waals surface area contributed by atoms with Gasteiger partial charge in [0.25, 0.3) is 0 Å². The zero-order valence-electron chi connectivity index (χ0n) is 14.6. The lowest BCUT2D eigenvalue weighted by molar-refractivity contribution is -0.141. The lowest BCUT2D eigenvalue weighted by Crippen LogP contribution is -2.07. The molecule has 27 heavy (non-hydrogen) atoms. The summed E-state index contributed by atoms with van der Waals surface area (Å²) in [7, 11) is -2.62. The minimum atomic E-state index is -4.48. The quantitative estimate of drug-likeness (QED) is 0.648. The molecule has 0 spiro atoms. The summed E-state index contributed by atoms with van der Waals surface area (Å²) in [5.41, 5.74) is 2.78. The largest absolute Gasteiger partial charge is 0.435 e. The molecular formula is C18H18F3N3O2S. The number of rotatable bonds is 2. The number of thiol groups is 1. The van der Waals surface area contributed by atoms with E-state index in [1.165, 1.54) is 4.68 Å². The van der Waals surface area contributed by atoms with Crippen molar-refractivity contribution in [2.45, 2.75) is 20.0 Å². The van der Waals surface area contributed by atoms with Gasteiger partial charge in [-0.15, -0.1) is 0 Å². The number of hydrogen-bond donors (Lipinski definition) is 2. The van der Waals surface area contributed by atoms with Crippen molar-refractivity contribution in [3.8, 4) is 16.9 Å². The number of para-hydroxylation sites is 1. The summed E-state index contributed by atoms with van der Waals surface area (Å²) in [6.45, 7) is 3.79. The maximum atomic E-state index is 13.1. The van der Waals surface area contributed by atoms with Crippen LogP contribution in [0, 0.1) is 13.8 Å². The molecule has 0 aliphatic heterocycles. The van der Waals surface area contributed by atoms with E-state index in [-0.39, 0.29) is 0 Å². The Morgan fingerprint density at radius 3 is 2.15 bits per heavy atom. The van der Waals surface area contributed by atoms with Crippen LogP contribution in [0.1, 0.15) is 16.8 Å². The summed E-state index contributed by atoms with van der Waals surface area (Å²) in [4.78, 5) is 0. The fourth-order valence-corrected chi connectivity index (χ4v) is 2.49. The molecule has 0 radical (unpaired) electrons. The van der Waals surface area contributed by atoms with Crippen molar-refractivity contribution in [1.82, 2.24) is 9.78 Å². The molecule has 0 atom stereocenters. The van der Waals surface area contributed by atoms with Gasteiger partial charge < -0.3 is 0 Å². The molecule has 1 heterocycles. The van der Waals surface area contributed by atoms with Crippen LogP contribution in [-0.2, 0) is 17.1 Å². The van der Waals surface area contributed by atoms with Gasteiger partial charge in [0.2, 0.25) is 0 Å². The van der Waals surface area contributed by atoms with Gasteiger partial charge in [-0.3, -0.25) is 0 Å². The smallest absolute Gasteiger partial charge is 0.232 e. The normalized spacial score (nSPS) is 11.2. The molecule has 5 nitrogen and oxygen atoms in total. The first-order chi connectivity index (χ1) is 12.6. The second-order valence-corrected chi connectivity index (χ2v) is 6.33. The van der Waals surface area contributed by atoms with E-state index in [4.69, 9.17) is 8.42 Å². The standard InChI is InChI=1S/C18H15F3N2.H3NO2S/c1-12-8-9-13(2)15(10-12)16-11-17(18(19,20)21)22-23(16)14-6-4-3-5-7-14;1-4(2)3/h3-11H,1-2H3;4H,(H2,1,2,3). The topological polar surface area (TPSA) is 78.0 Å². The lowest BCUT2D eigenvalue weighted by Gasteiger charge is -2.10. The van der Waals surface area contributed by atoms with Gasteiger partial charge in [-0.2, -0.15) is 18.3 Å². The van der Waals surface area contributed by atoms with Gasteiger partial charge >= 0.3 is 6.18 Å². The van der Waals surface area contributed by atoms with Crippen LogP contribution in [0.5, 0.6) is 0 Å². The van der Waals surface area contributed by atoms with E-state index in [1.54, 1.807) is 24.3 Å². The molecule has 2 aromatic carbocycles. The van der Waals surface area contributed by atoms with Crippen molar-refractivity contribution < 1.29 is 21.6 Å². The van der Waals surface area contributed by atoms with Crippen LogP contribution in [0.25, 0.3) is 16.9 Å². The number of halogens is 3. The molecule has 9 heteroatoms. The van der Waals surface area contributed by atoms with Crippen LogP contribution in [-0.4, -0.2) is 18.2 Å². The molecule has 0 aliphatic carbocycles. The number of hydrogen-bond acceptors (Lipinski definition) is 3. The Bertz CT molecular complexity index is 989. The van der Waals surface area contributed by atoms with Gasteiger partial charge in [-0.1, -0.05) is 35.9 Å². The Labute approximate surface area is 156 Å². The predicted octanol–water partition coefficient (Wildman–Crippen LogP) is 3.65. The SMILES string of the molecule is Cc1ccc(C)c(-c2cc(C(F)(F)F)nn2-c2ccccc2)c1.N[SH](=O)=O. The van der Waals surface area contributed by atoms with Crippen LogP contribution in [0.15, 0.2) is 54.6 Å². The number of nitrogens with two attached hydrogens (primary N) is 1. The second kappa shape index (κ2) is 8.36. The second-order valence-electron chi connectivity index (χ2n) is 5.76. The van der Waals surface area contributed by atoms with Gasteiger partial charge in [0.1, 0.15) is 0 Å². The van der Waals surface area contributed by atoms with Crippen molar-refractivity contribution in [3.05, 3.63) is 71.4 Å². The third-order valence-electron chi connectivity index (χ3n) is 3.67. The van der Waals surface area contributed by atoms with E-state index in [0.29, 0.717) is 11.4 Å². The number of aromatic nitrogens is 2. The fourth-order valence-electron chi connectivity index (χ4n) is 2.49. The van der Waals surface area contributed by atoms with Gasteiger partial charge in [0.15, 0.2) is 16.6 Å². The Hall–Kier alpha value is -2.65. The molecule has 144 valence electrons. The fraction of sp³-hybridized carbons (Fsp3) is 0.167. The Morgan fingerprint density at radius 1 is 1.00 bits per heavy atom. The predicted molar refractivity (Wildman–Crippen MR) is 98.0 cm³/mol. The highest BCUT2D eigenvalue weighted by molar-refractivity contribution is 7.69. The zero-order chi connectivity index (χ0) is 20.2. The summed E-state index contributed by atoms with van der Waals surface area (Å²) in [6.07, 6.45) is -4.48. The Balaban J connectivity index is 0.000000596. The Morgan fingerprint density at radius 2 is 1.59 bits per heavy atom. The number of nitrogens with zero attached hydrogens (tertiary/aromatic N) is 2. The van der Waals surface area contributed by atoms with Crippen LogP contribution >= 0.6 is 0 Å². The maximum Gasteiger partial charge on any atom is 0.435 e. The molecule has 2 N–H and O–H groups in total. The van der Waals surface area contributed by atoms with Crippen LogP contribution < -0.4 is 5.14 Å². The highest BCUT2D eigenvalue weighted by Gasteiger charge is 2.35. The third kappa shape index (κ3) is 5.41. The molecule has 0 amide bonds. The molecule has 0 bridgehead atoms. The van der Waals surface area contributed by atoms with Gasteiger partial charge in [-0.25, -0.2) is 18.2 Å². The Kier molecular flexibility index (Phi) is 6.40. The summed E-state index contributed by atoms with van der Waals surface area (Å²) >= 11 is 0. The third-order valence-corrected chi connectivity index (χ3v) is 3.67. The highest BCUT2D eigenvalue weighted by Crippen LogP contribution is 2.34. The summed E-state index contributed by atoms with van der Waals surface area (Å²) in [5, 5.41) is 7.86. The molecule has 3 aromatic rings. The van der Waals surface area contributed by atoms with E-state index < -0.39 is 22.8 Å². The van der Waals surface area contributed by atoms with Gasteiger partial charge in [-0.05, 0) is 43.7 Å². The van der Waals surface area contributed by atoms with E-state index in [0.717, 1.165) is 22.8 Å². The van der Waals surface area contributed by atoms with E-state index in [9.17, 15) is 13.2 Å². The molecule has 0 fully saturated rings. The summed E-state index contributed by atoms with van der Waals surface area (Å²) < 4.78 is 58.3. The highest BCUT2D eigenvalue weighted by atomic mass is 32.2. The zero-order valence-corrected chi connectivity index (χ0v) is 15.5. The first-order valence-corrected chi connectivity index (χ1v) is 9.03. The molecule has 0 aliphatic rings. The minimum absolute atomic E-state index is 0.435. The first-order valence-electron chi connectivity index (χ1n) is 7.79. The van der Waals surface area contributed by atoms with E-state index >= 15 is 0 Å². The molecule has 3 rings (SSSR count). The molecule has 0 unspecified atom stereocenters. The first kappa shape index (κ1) is 20.7. The van der Waals surface area contributed by atoms with Gasteiger partial charge in [0, 0.05) is 5.56 Å². The van der Waals surface area contributed by atoms with Crippen LogP contribution in [0.4, 0.5) is 13.2 Å². The minimum Gasteiger partial charge on any atom is -0.232 e. The van der Waals surface area contributed by atoms with Crippen molar-refractivity contribution in [2.24, 2.45) is 5.14 Å². The van der Waals surface area contributed by atoms with Crippen molar-refractivity contribution in [1.29, 1.82) is 0 Å².